The van der Waals surface area contributed by atoms with Crippen LogP contribution < -0.4 is 10.6 Å². The van der Waals surface area contributed by atoms with Crippen LogP contribution in [0.3, 0.4) is 0 Å². The maximum absolute atomic E-state index is 12.4. The van der Waals surface area contributed by atoms with E-state index in [4.69, 9.17) is 48.8 Å². The number of Topliss-reactive ketones (excluding diaryl/α,β-unsaturated/α-hetero) is 2. The molecular formula is C70H110N2O18. The Kier molecular flexibility index (Phi) is 26.0. The van der Waals surface area contributed by atoms with Crippen molar-refractivity contribution in [1.29, 1.82) is 0 Å². The highest BCUT2D eigenvalue weighted by molar-refractivity contribution is 5.83. The van der Waals surface area contributed by atoms with Crippen LogP contribution in [-0.2, 0) is 66.8 Å². The number of ketones is 2. The molecule has 90 heavy (non-hydrogen) atoms. The number of rotatable bonds is 36. The van der Waals surface area contributed by atoms with Gasteiger partial charge in [-0.3, -0.25) is 24.0 Å². The van der Waals surface area contributed by atoms with E-state index in [0.717, 1.165) is 83.9 Å². The van der Waals surface area contributed by atoms with Gasteiger partial charge in [0.1, 0.15) is 31.4 Å². The van der Waals surface area contributed by atoms with Gasteiger partial charge >= 0.3 is 23.9 Å². The van der Waals surface area contributed by atoms with E-state index in [-0.39, 0.29) is 86.3 Å². The number of ether oxygens (including phenoxy) is 6. The minimum absolute atomic E-state index is 0.00516. The van der Waals surface area contributed by atoms with Crippen molar-refractivity contribution in [2.24, 2.45) is 92.7 Å². The van der Waals surface area contributed by atoms with Crippen molar-refractivity contribution < 1.29 is 87.2 Å². The van der Waals surface area contributed by atoms with Gasteiger partial charge in [0, 0.05) is 58.2 Å². The molecular weight excluding hydrogens is 1160 g/mol. The number of aliphatic carboxylic acids is 4. The lowest BCUT2D eigenvalue weighted by atomic mass is 9.48. The van der Waals surface area contributed by atoms with E-state index in [1.54, 1.807) is 0 Å². The highest BCUT2D eigenvalue weighted by Crippen LogP contribution is 2.65. The molecule has 0 saturated heterocycles. The summed E-state index contributed by atoms with van der Waals surface area (Å²) in [6.07, 6.45) is 36.3. The largest absolute Gasteiger partial charge is 0.481 e. The van der Waals surface area contributed by atoms with Crippen LogP contribution in [0.15, 0.2) is 0 Å². The van der Waals surface area contributed by atoms with E-state index in [0.29, 0.717) is 89.6 Å². The molecule has 16 aliphatic rings. The van der Waals surface area contributed by atoms with Crippen molar-refractivity contribution in [1.82, 2.24) is 10.6 Å². The third-order valence-electron chi connectivity index (χ3n) is 23.2. The average Bonchev–Trinajstić information content (AvgIpc) is 1.22. The van der Waals surface area contributed by atoms with Gasteiger partial charge < -0.3 is 59.5 Å². The number of nitrogens with one attached hydrogen (secondary N) is 2. The highest BCUT2D eigenvalue weighted by Gasteiger charge is 2.55. The zero-order chi connectivity index (χ0) is 63.7. The molecule has 0 radical (unpaired) electrons. The maximum Gasteiger partial charge on any atom is 0.329 e. The molecule has 508 valence electrons. The molecule has 16 rings (SSSR count). The van der Waals surface area contributed by atoms with Crippen molar-refractivity contribution in [3.8, 4) is 0 Å². The second-order valence-electron chi connectivity index (χ2n) is 31.3. The highest BCUT2D eigenvalue weighted by atomic mass is 16.6. The van der Waals surface area contributed by atoms with Gasteiger partial charge in [0.2, 0.25) is 11.8 Å². The normalized spacial score (nSPS) is 35.1. The molecule has 16 saturated carbocycles. The van der Waals surface area contributed by atoms with Crippen LogP contribution in [0.4, 0.5) is 0 Å². The zero-order valence-electron chi connectivity index (χ0n) is 54.0. The lowest BCUT2D eigenvalue weighted by Crippen LogP contribution is -2.48. The van der Waals surface area contributed by atoms with Crippen LogP contribution in [0.25, 0.3) is 0 Å². The molecule has 6 N–H and O–H groups in total. The molecule has 16 fully saturated rings. The zero-order valence-corrected chi connectivity index (χ0v) is 54.0. The first-order valence-electron chi connectivity index (χ1n) is 35.1. The Bertz CT molecular complexity index is 2270. The number of carbonyl (C=O) groups is 8. The van der Waals surface area contributed by atoms with Crippen molar-refractivity contribution in [2.45, 2.75) is 205 Å². The summed E-state index contributed by atoms with van der Waals surface area (Å²) in [5.74, 6) is 7.60. The van der Waals surface area contributed by atoms with Crippen molar-refractivity contribution in [3.05, 3.63) is 0 Å². The summed E-state index contributed by atoms with van der Waals surface area (Å²) in [6, 6.07) is 0. The predicted molar refractivity (Wildman–Crippen MR) is 331 cm³/mol. The fourth-order valence-corrected chi connectivity index (χ4v) is 22.1. The van der Waals surface area contributed by atoms with Gasteiger partial charge in [-0.2, -0.15) is 0 Å². The number of carboxylic acids is 4. The quantitative estimate of drug-likeness (QED) is 0.0318. The monoisotopic (exact) mass is 1270 g/mol. The van der Waals surface area contributed by atoms with E-state index in [2.05, 4.69) is 10.6 Å². The first kappa shape index (κ1) is 70.2. The minimum atomic E-state index is -0.983. The molecule has 0 heterocycles. The molecule has 20 heteroatoms. The van der Waals surface area contributed by atoms with E-state index < -0.39 is 23.9 Å². The van der Waals surface area contributed by atoms with E-state index in [1.165, 1.54) is 154 Å². The van der Waals surface area contributed by atoms with Gasteiger partial charge in [-0.15, -0.1) is 0 Å². The molecule has 0 unspecified atom stereocenters. The minimum Gasteiger partial charge on any atom is -0.481 e. The molecule has 16 aliphatic carbocycles. The smallest absolute Gasteiger partial charge is 0.329 e. The Morgan fingerprint density at radius 3 is 0.833 bits per heavy atom. The van der Waals surface area contributed by atoms with Gasteiger partial charge in [-0.1, -0.05) is 0 Å². The van der Waals surface area contributed by atoms with Gasteiger partial charge in [-0.05, 0) is 253 Å². The summed E-state index contributed by atoms with van der Waals surface area (Å²) >= 11 is 0. The van der Waals surface area contributed by atoms with E-state index in [1.807, 2.05) is 0 Å². The Balaban J connectivity index is 0.000000144. The number of hydrogen-bond acceptors (Lipinski definition) is 14. The third-order valence-corrected chi connectivity index (χ3v) is 23.2. The summed E-state index contributed by atoms with van der Waals surface area (Å²) in [7, 11) is 0. The van der Waals surface area contributed by atoms with Crippen LogP contribution in [0.1, 0.15) is 205 Å². The van der Waals surface area contributed by atoms with Crippen LogP contribution in [0.2, 0.25) is 0 Å². The second kappa shape index (κ2) is 33.3. The Hall–Kier alpha value is -4.08. The number of amides is 2. The predicted octanol–water partition coefficient (Wildman–Crippen LogP) is 9.74. The van der Waals surface area contributed by atoms with Gasteiger partial charge in [-0.25, -0.2) is 14.4 Å². The third kappa shape index (κ3) is 22.0. The summed E-state index contributed by atoms with van der Waals surface area (Å²) in [4.78, 5) is 90.2. The molecule has 16 bridgehead atoms. The molecule has 2 amide bonds. The van der Waals surface area contributed by atoms with Crippen LogP contribution in [-0.4, -0.2) is 160 Å². The first-order chi connectivity index (χ1) is 43.2. The summed E-state index contributed by atoms with van der Waals surface area (Å²) in [5.41, 5.74) is 1.17. The fourth-order valence-electron chi connectivity index (χ4n) is 22.1. The van der Waals surface area contributed by atoms with Crippen LogP contribution in [0.5, 0.6) is 0 Å². The molecule has 0 spiro atoms. The standard InChI is InChI=1S/C20H33NO6.C19H30O5.C16H25NO4.C15H22O3/c22-18(13-20-10-15-7-16(11-20)9-17(8-15)12-20)21-1-2-25-3-4-26-5-6-27-14-19(23)24;20-17(2-1-3-23-4-5-24-13-18(21)22)12-19-9-14-6-15(10-19)8-16(7-14)11-19;18-14(17-1-2-21-10-15(19)20)9-16-6-11-3-12(7-16)5-13(4-11)8-16;16-13(1-2-14(17)18)9-15-6-10-3-11(7-15)5-12(4-10)8-15/h15-17H,1-14H2,(H,21,22)(H,23,24);14-16H,1-13H2,(H,21,22);11-13H,1-10H2,(H,17,18)(H,19,20);10-12H,1-9H2,(H,17,18). The van der Waals surface area contributed by atoms with Crippen LogP contribution in [0, 0.1) is 92.7 Å². The molecule has 0 aromatic rings. The van der Waals surface area contributed by atoms with Gasteiger partial charge in [0.15, 0.2) is 0 Å². The molecule has 0 aliphatic heterocycles. The fraction of sp³-hybridized carbons (Fsp3) is 0.886. The van der Waals surface area contributed by atoms with E-state index in [9.17, 15) is 38.4 Å². The Labute approximate surface area is 533 Å². The van der Waals surface area contributed by atoms with Gasteiger partial charge in [0.05, 0.1) is 59.3 Å². The lowest BCUT2D eigenvalue weighted by Gasteiger charge is -2.56. The van der Waals surface area contributed by atoms with E-state index >= 15 is 0 Å². The van der Waals surface area contributed by atoms with Gasteiger partial charge in [0.25, 0.3) is 0 Å². The van der Waals surface area contributed by atoms with Crippen molar-refractivity contribution in [3.63, 3.8) is 0 Å². The SMILES string of the molecule is O=C(O)CCC(=O)CC12CC3CC(CC(C3)C1)C2.O=C(O)COCCNC(=O)CC12CC3CC(CC(C3)C1)C2.O=C(O)COCCOCCCC(=O)CC12CC3CC(CC(C3)C1)C2.O=C(O)COCCOCCOCCNC(=O)CC12CC3CC(CC(C3)C1)C2. The maximum atomic E-state index is 12.4. The second-order valence-corrected chi connectivity index (χ2v) is 31.3. The lowest BCUT2D eigenvalue weighted by molar-refractivity contribution is -0.143. The summed E-state index contributed by atoms with van der Waals surface area (Å²) in [6.45, 7) is 3.48. The number of hydrogen-bond donors (Lipinski definition) is 6. The van der Waals surface area contributed by atoms with Crippen molar-refractivity contribution in [2.75, 3.05) is 92.4 Å². The summed E-state index contributed by atoms with van der Waals surface area (Å²) < 4.78 is 30.8. The van der Waals surface area contributed by atoms with Crippen LogP contribution >= 0.6 is 0 Å². The topological polar surface area (TPSA) is 297 Å². The molecule has 0 atom stereocenters. The Morgan fingerprint density at radius 1 is 0.289 bits per heavy atom. The first-order valence-corrected chi connectivity index (χ1v) is 35.1. The molecule has 0 aromatic carbocycles. The molecule has 0 aromatic heterocycles. The Morgan fingerprint density at radius 2 is 0.533 bits per heavy atom. The van der Waals surface area contributed by atoms with Crippen molar-refractivity contribution >= 4 is 47.3 Å². The molecule has 20 nitrogen and oxygen atoms in total. The number of carboxylic acid groups (broad SMARTS) is 4. The number of carbonyl (C=O) groups excluding carboxylic acids is 4. The average molecular weight is 1270 g/mol. The summed E-state index contributed by atoms with van der Waals surface area (Å²) in [5, 5.41) is 39.8.